The average Bonchev–Trinajstić information content (AvgIpc) is 2.90. The second-order valence-electron chi connectivity index (χ2n) is 6.98. The summed E-state index contributed by atoms with van der Waals surface area (Å²) in [7, 11) is 0. The van der Waals surface area contributed by atoms with Crippen molar-refractivity contribution < 1.29 is 9.47 Å². The number of rotatable bonds is 3. The Morgan fingerprint density at radius 1 is 1.00 bits per heavy atom. The fourth-order valence-corrected chi connectivity index (χ4v) is 3.49. The van der Waals surface area contributed by atoms with Gasteiger partial charge in [0.1, 0.15) is 0 Å². The largest absolute Gasteiger partial charge is 0.454 e. The van der Waals surface area contributed by atoms with E-state index < -0.39 is 0 Å². The van der Waals surface area contributed by atoms with E-state index >= 15 is 0 Å². The summed E-state index contributed by atoms with van der Waals surface area (Å²) in [4.78, 5) is 0. The maximum atomic E-state index is 5.71. The smallest absolute Gasteiger partial charge is 0.231 e. The van der Waals surface area contributed by atoms with Crippen LogP contribution in [0.3, 0.4) is 0 Å². The van der Waals surface area contributed by atoms with E-state index in [1.165, 1.54) is 27.8 Å². The molecule has 0 aromatic heterocycles. The molecule has 0 unspecified atom stereocenters. The van der Waals surface area contributed by atoms with Crippen LogP contribution < -0.4 is 9.47 Å². The minimum absolute atomic E-state index is 0.0101. The summed E-state index contributed by atoms with van der Waals surface area (Å²) in [5.41, 5.74) is 6.72. The van der Waals surface area contributed by atoms with E-state index in [2.05, 4.69) is 58.9 Å². The lowest BCUT2D eigenvalue weighted by Gasteiger charge is -2.28. The molecule has 2 aromatic carbocycles. The van der Waals surface area contributed by atoms with E-state index in [0.717, 1.165) is 17.9 Å². The summed E-state index contributed by atoms with van der Waals surface area (Å²) in [6.07, 6.45) is 0.991. The molecule has 2 heteroatoms. The molecule has 0 aliphatic carbocycles. The zero-order valence-electron chi connectivity index (χ0n) is 14.1. The second-order valence-corrected chi connectivity index (χ2v) is 6.98. The van der Waals surface area contributed by atoms with Gasteiger partial charge in [-0.05, 0) is 55.4 Å². The number of para-hydroxylation sites is 1. The zero-order valence-corrected chi connectivity index (χ0v) is 14.1. The molecule has 0 fully saturated rings. The van der Waals surface area contributed by atoms with Crippen molar-refractivity contribution in [3.63, 3.8) is 0 Å². The summed E-state index contributed by atoms with van der Waals surface area (Å²) >= 11 is 0. The van der Waals surface area contributed by atoms with Gasteiger partial charge in [0.2, 0.25) is 6.79 Å². The number of aryl methyl sites for hydroxylation is 3. The highest BCUT2D eigenvalue weighted by Gasteiger charge is 2.30. The molecule has 3 rings (SSSR count). The summed E-state index contributed by atoms with van der Waals surface area (Å²) in [6.45, 7) is 11.5. The van der Waals surface area contributed by atoms with Crippen molar-refractivity contribution in [3.8, 4) is 11.5 Å². The van der Waals surface area contributed by atoms with Gasteiger partial charge < -0.3 is 9.47 Å². The average molecular weight is 296 g/mol. The van der Waals surface area contributed by atoms with E-state index in [9.17, 15) is 0 Å². The highest BCUT2D eigenvalue weighted by molar-refractivity contribution is 5.52. The lowest BCUT2D eigenvalue weighted by atomic mass is 9.76. The SMILES string of the molecule is Cc1cc(C)c(CC(C)(C)c2cccc3c2OCO3)c(C)c1. The van der Waals surface area contributed by atoms with Crippen molar-refractivity contribution in [2.45, 2.75) is 46.5 Å². The Labute approximate surface area is 133 Å². The molecular formula is C20H24O2. The first-order valence-corrected chi connectivity index (χ1v) is 7.84. The molecule has 0 saturated carbocycles. The predicted octanol–water partition coefficient (Wildman–Crippen LogP) is 4.86. The molecule has 0 amide bonds. The second kappa shape index (κ2) is 5.35. The Morgan fingerprint density at radius 3 is 2.36 bits per heavy atom. The number of benzene rings is 2. The Bertz CT molecular complexity index is 691. The van der Waals surface area contributed by atoms with Gasteiger partial charge in [0.25, 0.3) is 0 Å². The quantitative estimate of drug-likeness (QED) is 0.805. The molecule has 0 bridgehead atoms. The van der Waals surface area contributed by atoms with Crippen LogP contribution in [-0.4, -0.2) is 6.79 Å². The Morgan fingerprint density at radius 2 is 1.68 bits per heavy atom. The molecule has 2 nitrogen and oxygen atoms in total. The molecule has 116 valence electrons. The lowest BCUT2D eigenvalue weighted by molar-refractivity contribution is 0.172. The minimum Gasteiger partial charge on any atom is -0.454 e. The minimum atomic E-state index is -0.0101. The van der Waals surface area contributed by atoms with Crippen molar-refractivity contribution in [1.82, 2.24) is 0 Å². The van der Waals surface area contributed by atoms with Gasteiger partial charge in [-0.1, -0.05) is 43.7 Å². The van der Waals surface area contributed by atoms with Crippen molar-refractivity contribution >= 4 is 0 Å². The Kier molecular flexibility index (Phi) is 3.64. The van der Waals surface area contributed by atoms with Crippen LogP contribution >= 0.6 is 0 Å². The maximum Gasteiger partial charge on any atom is 0.231 e. The molecule has 0 spiro atoms. The molecule has 1 aliphatic rings. The van der Waals surface area contributed by atoms with E-state index in [1.807, 2.05) is 6.07 Å². The van der Waals surface area contributed by atoms with E-state index in [4.69, 9.17) is 9.47 Å². The van der Waals surface area contributed by atoms with Crippen LogP contribution in [0.5, 0.6) is 11.5 Å². The third-order valence-corrected chi connectivity index (χ3v) is 4.58. The standard InChI is InChI=1S/C20H24O2/c1-13-9-14(2)16(15(3)10-13)11-20(4,5)17-7-6-8-18-19(17)22-12-21-18/h6-10H,11-12H2,1-5H3. The first-order valence-electron chi connectivity index (χ1n) is 7.84. The van der Waals surface area contributed by atoms with Crippen molar-refractivity contribution in [1.29, 1.82) is 0 Å². The molecule has 0 N–H and O–H groups in total. The first-order chi connectivity index (χ1) is 10.4. The first kappa shape index (κ1) is 15.0. The molecule has 1 heterocycles. The van der Waals surface area contributed by atoms with Gasteiger partial charge in [0.05, 0.1) is 0 Å². The van der Waals surface area contributed by atoms with Gasteiger partial charge in [-0.2, -0.15) is 0 Å². The van der Waals surface area contributed by atoms with Gasteiger partial charge in [0.15, 0.2) is 11.5 Å². The molecule has 2 aromatic rings. The molecule has 0 atom stereocenters. The van der Waals surface area contributed by atoms with Gasteiger partial charge in [-0.3, -0.25) is 0 Å². The number of ether oxygens (including phenoxy) is 2. The topological polar surface area (TPSA) is 18.5 Å². The van der Waals surface area contributed by atoms with E-state index in [1.54, 1.807) is 0 Å². The van der Waals surface area contributed by atoms with E-state index in [0.29, 0.717) is 6.79 Å². The van der Waals surface area contributed by atoms with Crippen LogP contribution in [-0.2, 0) is 11.8 Å². The number of hydrogen-bond acceptors (Lipinski definition) is 2. The fraction of sp³-hybridized carbons (Fsp3) is 0.400. The van der Waals surface area contributed by atoms with Crippen LogP contribution in [0.2, 0.25) is 0 Å². The van der Waals surface area contributed by atoms with Crippen LogP contribution in [0.15, 0.2) is 30.3 Å². The Balaban J connectivity index is 2.00. The molecular weight excluding hydrogens is 272 g/mol. The van der Waals surface area contributed by atoms with Gasteiger partial charge in [-0.25, -0.2) is 0 Å². The highest BCUT2D eigenvalue weighted by Crippen LogP contribution is 2.43. The van der Waals surface area contributed by atoms with Gasteiger partial charge in [-0.15, -0.1) is 0 Å². The summed E-state index contributed by atoms with van der Waals surface area (Å²) < 4.78 is 11.2. The van der Waals surface area contributed by atoms with Crippen LogP contribution in [0.1, 0.15) is 41.7 Å². The van der Waals surface area contributed by atoms with Gasteiger partial charge in [0, 0.05) is 5.56 Å². The maximum absolute atomic E-state index is 5.71. The zero-order chi connectivity index (χ0) is 15.9. The number of fused-ring (bicyclic) bond motifs is 1. The molecule has 0 saturated heterocycles. The van der Waals surface area contributed by atoms with Crippen LogP contribution in [0, 0.1) is 20.8 Å². The fourth-order valence-electron chi connectivity index (χ4n) is 3.49. The summed E-state index contributed by atoms with van der Waals surface area (Å²) in [5.74, 6) is 1.78. The highest BCUT2D eigenvalue weighted by atomic mass is 16.7. The van der Waals surface area contributed by atoms with Crippen molar-refractivity contribution in [2.24, 2.45) is 0 Å². The monoisotopic (exact) mass is 296 g/mol. The van der Waals surface area contributed by atoms with Gasteiger partial charge >= 0.3 is 0 Å². The Hall–Kier alpha value is -1.96. The number of hydrogen-bond donors (Lipinski definition) is 0. The summed E-state index contributed by atoms with van der Waals surface area (Å²) in [5, 5.41) is 0. The van der Waals surface area contributed by atoms with Crippen molar-refractivity contribution in [2.75, 3.05) is 6.79 Å². The predicted molar refractivity (Wildman–Crippen MR) is 89.9 cm³/mol. The molecule has 1 aliphatic heterocycles. The normalized spacial score (nSPS) is 13.5. The van der Waals surface area contributed by atoms with E-state index in [-0.39, 0.29) is 5.41 Å². The third-order valence-electron chi connectivity index (χ3n) is 4.58. The molecule has 22 heavy (non-hydrogen) atoms. The molecule has 0 radical (unpaired) electrons. The van der Waals surface area contributed by atoms with Crippen molar-refractivity contribution in [3.05, 3.63) is 58.1 Å². The lowest BCUT2D eigenvalue weighted by Crippen LogP contribution is -2.22. The third kappa shape index (κ3) is 2.58. The van der Waals surface area contributed by atoms with Crippen LogP contribution in [0.25, 0.3) is 0 Å². The summed E-state index contributed by atoms with van der Waals surface area (Å²) in [6, 6.07) is 10.7. The van der Waals surface area contributed by atoms with Crippen LogP contribution in [0.4, 0.5) is 0 Å².